The molecule has 0 saturated heterocycles. The number of nitrogens with one attached hydrogen (secondary N) is 1. The summed E-state index contributed by atoms with van der Waals surface area (Å²) >= 11 is 0. The second-order valence-electron chi connectivity index (χ2n) is 4.59. The van der Waals surface area contributed by atoms with Gasteiger partial charge in [-0.15, -0.1) is 0 Å². The lowest BCUT2D eigenvalue weighted by Crippen LogP contribution is -2.21. The maximum Gasteiger partial charge on any atom is 0.311 e. The first kappa shape index (κ1) is 16.1. The second-order valence-corrected chi connectivity index (χ2v) is 4.59. The molecule has 0 aliphatic heterocycles. The van der Waals surface area contributed by atoms with Crippen LogP contribution < -0.4 is 5.32 Å². The van der Waals surface area contributed by atoms with Gasteiger partial charge in [-0.2, -0.15) is 0 Å². The SMILES string of the molecule is Cc1cc(NC(=O)COC(=O)Cc2ccccc2[N+](=O)[O-])no1. The maximum absolute atomic E-state index is 11.7. The van der Waals surface area contributed by atoms with E-state index >= 15 is 0 Å². The topological polar surface area (TPSA) is 125 Å². The molecule has 0 aliphatic carbocycles. The third-order valence-electron chi connectivity index (χ3n) is 2.78. The Hall–Kier alpha value is -3.23. The van der Waals surface area contributed by atoms with Crippen molar-refractivity contribution in [3.8, 4) is 0 Å². The molecule has 9 heteroatoms. The first-order chi connectivity index (χ1) is 11.0. The Kier molecular flexibility index (Phi) is 5.03. The van der Waals surface area contributed by atoms with E-state index in [2.05, 4.69) is 10.5 Å². The molecule has 2 aromatic rings. The monoisotopic (exact) mass is 319 g/mol. The molecule has 0 fully saturated rings. The van der Waals surface area contributed by atoms with Crippen molar-refractivity contribution in [2.45, 2.75) is 13.3 Å². The molecule has 1 amide bonds. The average molecular weight is 319 g/mol. The van der Waals surface area contributed by atoms with E-state index in [1.807, 2.05) is 0 Å². The minimum Gasteiger partial charge on any atom is -0.455 e. The zero-order chi connectivity index (χ0) is 16.8. The standard InChI is InChI=1S/C14H13N3O6/c1-9-6-12(16-23-9)15-13(18)8-22-14(19)7-10-4-2-3-5-11(10)17(20)21/h2-6H,7-8H2,1H3,(H,15,16,18). The average Bonchev–Trinajstić information content (AvgIpc) is 2.90. The molecule has 2 rings (SSSR count). The molecule has 1 heterocycles. The van der Waals surface area contributed by atoms with Gasteiger partial charge < -0.3 is 14.6 Å². The third-order valence-corrected chi connectivity index (χ3v) is 2.78. The molecule has 9 nitrogen and oxygen atoms in total. The van der Waals surface area contributed by atoms with Crippen LogP contribution in [-0.4, -0.2) is 28.6 Å². The minimum absolute atomic E-state index is 0.174. The molecule has 0 spiro atoms. The summed E-state index contributed by atoms with van der Waals surface area (Å²) in [5, 5.41) is 16.8. The van der Waals surface area contributed by atoms with E-state index in [1.165, 1.54) is 24.3 Å². The number of hydrogen-bond donors (Lipinski definition) is 1. The summed E-state index contributed by atoms with van der Waals surface area (Å²) in [6.07, 6.45) is -0.298. The van der Waals surface area contributed by atoms with Gasteiger partial charge in [-0.05, 0) is 6.92 Å². The summed E-state index contributed by atoms with van der Waals surface area (Å²) in [6.45, 7) is 1.14. The van der Waals surface area contributed by atoms with E-state index < -0.39 is 23.4 Å². The maximum atomic E-state index is 11.7. The number of ether oxygens (including phenoxy) is 1. The number of nitro groups is 1. The van der Waals surface area contributed by atoms with E-state index in [0.717, 1.165) is 0 Å². The number of amides is 1. The zero-order valence-electron chi connectivity index (χ0n) is 12.1. The molecule has 0 saturated carbocycles. The number of aryl methyl sites for hydroxylation is 1. The Labute approximate surface area is 130 Å². The largest absolute Gasteiger partial charge is 0.455 e. The van der Waals surface area contributed by atoms with Gasteiger partial charge in [-0.3, -0.25) is 19.7 Å². The number of nitrogens with zero attached hydrogens (tertiary/aromatic N) is 2. The number of esters is 1. The van der Waals surface area contributed by atoms with Gasteiger partial charge in [0.15, 0.2) is 12.4 Å². The van der Waals surface area contributed by atoms with Crippen molar-refractivity contribution in [2.75, 3.05) is 11.9 Å². The predicted molar refractivity (Wildman–Crippen MR) is 77.6 cm³/mol. The molecule has 0 atom stereocenters. The molecule has 23 heavy (non-hydrogen) atoms. The van der Waals surface area contributed by atoms with Crippen molar-refractivity contribution < 1.29 is 23.8 Å². The second kappa shape index (κ2) is 7.16. The van der Waals surface area contributed by atoms with Crippen LogP contribution in [-0.2, 0) is 20.7 Å². The molecule has 1 aromatic heterocycles. The number of anilines is 1. The van der Waals surface area contributed by atoms with Gasteiger partial charge in [-0.25, -0.2) is 0 Å². The number of benzene rings is 1. The van der Waals surface area contributed by atoms with Crippen molar-refractivity contribution in [1.82, 2.24) is 5.16 Å². The van der Waals surface area contributed by atoms with Crippen LogP contribution in [0, 0.1) is 17.0 Å². The minimum atomic E-state index is -0.745. The normalized spacial score (nSPS) is 10.1. The van der Waals surface area contributed by atoms with E-state index in [1.54, 1.807) is 13.0 Å². The van der Waals surface area contributed by atoms with Crippen LogP contribution in [0.1, 0.15) is 11.3 Å². The first-order valence-electron chi connectivity index (χ1n) is 6.57. The summed E-state index contributed by atoms with van der Waals surface area (Å²) in [7, 11) is 0. The van der Waals surface area contributed by atoms with E-state index in [4.69, 9.17) is 9.26 Å². The Balaban J connectivity index is 1.85. The summed E-state index contributed by atoms with van der Waals surface area (Å²) < 4.78 is 9.56. The molecular weight excluding hydrogens is 306 g/mol. The van der Waals surface area contributed by atoms with E-state index in [0.29, 0.717) is 5.76 Å². The lowest BCUT2D eigenvalue weighted by atomic mass is 10.1. The van der Waals surface area contributed by atoms with Crippen LogP contribution in [0.2, 0.25) is 0 Å². The first-order valence-corrected chi connectivity index (χ1v) is 6.57. The van der Waals surface area contributed by atoms with Crippen molar-refractivity contribution in [3.05, 3.63) is 51.8 Å². The quantitative estimate of drug-likeness (QED) is 0.487. The third kappa shape index (κ3) is 4.63. The van der Waals surface area contributed by atoms with E-state index in [9.17, 15) is 19.7 Å². The fourth-order valence-corrected chi connectivity index (χ4v) is 1.80. The highest BCUT2D eigenvalue weighted by Crippen LogP contribution is 2.18. The van der Waals surface area contributed by atoms with Gasteiger partial charge in [0, 0.05) is 17.7 Å². The molecule has 0 aliphatic rings. The van der Waals surface area contributed by atoms with Crippen molar-refractivity contribution >= 4 is 23.4 Å². The summed E-state index contributed by atoms with van der Waals surface area (Å²) in [6, 6.07) is 7.34. The fraction of sp³-hybridized carbons (Fsp3) is 0.214. The number of aromatic nitrogens is 1. The number of carbonyl (C=O) groups excluding carboxylic acids is 2. The fourth-order valence-electron chi connectivity index (χ4n) is 1.80. The predicted octanol–water partition coefficient (Wildman–Crippen LogP) is 1.62. The number of hydrogen-bond acceptors (Lipinski definition) is 7. The lowest BCUT2D eigenvalue weighted by Gasteiger charge is -2.05. The highest BCUT2D eigenvalue weighted by molar-refractivity contribution is 5.92. The van der Waals surface area contributed by atoms with Crippen molar-refractivity contribution in [1.29, 1.82) is 0 Å². The molecular formula is C14H13N3O6. The molecule has 1 N–H and O–H groups in total. The van der Waals surface area contributed by atoms with Crippen LogP contribution in [0.25, 0.3) is 0 Å². The number of rotatable bonds is 6. The lowest BCUT2D eigenvalue weighted by molar-refractivity contribution is -0.385. The van der Waals surface area contributed by atoms with E-state index in [-0.39, 0.29) is 23.5 Å². The smallest absolute Gasteiger partial charge is 0.311 e. The van der Waals surface area contributed by atoms with Crippen LogP contribution in [0.15, 0.2) is 34.9 Å². The van der Waals surface area contributed by atoms with Gasteiger partial charge in [-0.1, -0.05) is 23.4 Å². The highest BCUT2D eigenvalue weighted by atomic mass is 16.6. The van der Waals surface area contributed by atoms with Crippen molar-refractivity contribution in [2.24, 2.45) is 0 Å². The van der Waals surface area contributed by atoms with Gasteiger partial charge in [0.1, 0.15) is 5.76 Å². The summed E-state index contributed by atoms with van der Waals surface area (Å²) in [4.78, 5) is 33.5. The molecule has 0 bridgehead atoms. The van der Waals surface area contributed by atoms with Crippen LogP contribution in [0.3, 0.4) is 0 Å². The molecule has 0 unspecified atom stereocenters. The summed E-state index contributed by atoms with van der Waals surface area (Å²) in [5.41, 5.74) is 0.0435. The Bertz CT molecular complexity index is 740. The van der Waals surface area contributed by atoms with Gasteiger partial charge in [0.2, 0.25) is 0 Å². The van der Waals surface area contributed by atoms with Crippen LogP contribution in [0.5, 0.6) is 0 Å². The van der Waals surface area contributed by atoms with Gasteiger partial charge in [0.25, 0.3) is 11.6 Å². The zero-order valence-corrected chi connectivity index (χ0v) is 12.1. The van der Waals surface area contributed by atoms with Gasteiger partial charge in [0.05, 0.1) is 11.3 Å². The molecule has 120 valence electrons. The number of nitro benzene ring substituents is 1. The van der Waals surface area contributed by atoms with Crippen LogP contribution in [0.4, 0.5) is 11.5 Å². The van der Waals surface area contributed by atoms with Crippen molar-refractivity contribution in [3.63, 3.8) is 0 Å². The summed E-state index contributed by atoms with van der Waals surface area (Å²) in [5.74, 6) is -0.601. The molecule has 0 radical (unpaired) electrons. The Morgan fingerprint density at radius 3 is 2.78 bits per heavy atom. The molecule has 1 aromatic carbocycles. The number of carbonyl (C=O) groups is 2. The van der Waals surface area contributed by atoms with Crippen LogP contribution >= 0.6 is 0 Å². The Morgan fingerprint density at radius 2 is 2.13 bits per heavy atom. The Morgan fingerprint density at radius 1 is 1.39 bits per heavy atom. The highest BCUT2D eigenvalue weighted by Gasteiger charge is 2.17. The van der Waals surface area contributed by atoms with Gasteiger partial charge >= 0.3 is 5.97 Å². The number of para-hydroxylation sites is 1.